The first kappa shape index (κ1) is 15.6. The maximum Gasteiger partial charge on any atom is 0.323 e. The fourth-order valence-corrected chi connectivity index (χ4v) is 2.06. The molecule has 1 aromatic rings. The van der Waals surface area contributed by atoms with E-state index in [1.54, 1.807) is 12.4 Å². The van der Waals surface area contributed by atoms with Crippen molar-refractivity contribution < 1.29 is 9.53 Å². The van der Waals surface area contributed by atoms with Crippen molar-refractivity contribution in [1.82, 2.24) is 9.88 Å². The van der Waals surface area contributed by atoms with Crippen LogP contribution in [0.3, 0.4) is 0 Å². The highest BCUT2D eigenvalue weighted by Gasteiger charge is 2.22. The lowest BCUT2D eigenvalue weighted by atomic mass is 10.1. The van der Waals surface area contributed by atoms with Gasteiger partial charge in [0.05, 0.1) is 7.11 Å². The molecule has 0 fully saturated rings. The molecule has 0 spiro atoms. The average Bonchev–Trinajstić information content (AvgIpc) is 2.46. The number of pyridine rings is 1. The summed E-state index contributed by atoms with van der Waals surface area (Å²) in [4.78, 5) is 17.9. The number of esters is 1. The van der Waals surface area contributed by atoms with E-state index in [1.165, 1.54) is 12.7 Å². The molecule has 4 heteroatoms. The van der Waals surface area contributed by atoms with Crippen LogP contribution in [0.2, 0.25) is 0 Å². The molecule has 1 rings (SSSR count). The predicted octanol–water partition coefficient (Wildman–Crippen LogP) is 2.29. The van der Waals surface area contributed by atoms with E-state index >= 15 is 0 Å². The van der Waals surface area contributed by atoms with Crippen LogP contribution in [0.5, 0.6) is 0 Å². The zero-order valence-electron chi connectivity index (χ0n) is 12.1. The number of likely N-dealkylation sites (N-methyl/N-ethyl adjacent to an activating group) is 1. The molecule has 1 unspecified atom stereocenters. The molecule has 0 aliphatic heterocycles. The Morgan fingerprint density at radius 3 is 2.68 bits per heavy atom. The highest BCUT2D eigenvalue weighted by Crippen LogP contribution is 2.10. The largest absolute Gasteiger partial charge is 0.468 e. The molecule has 0 aliphatic rings. The van der Waals surface area contributed by atoms with Gasteiger partial charge in [-0.2, -0.15) is 0 Å². The maximum atomic E-state index is 11.8. The molecular formula is C15H24N2O2. The maximum absolute atomic E-state index is 11.8. The molecule has 0 aliphatic carbocycles. The molecule has 0 radical (unpaired) electrons. The minimum Gasteiger partial charge on any atom is -0.468 e. The number of methoxy groups -OCH3 is 1. The Morgan fingerprint density at radius 1 is 1.42 bits per heavy atom. The number of unbranched alkanes of at least 4 members (excludes halogenated alkanes) is 1. The molecule has 106 valence electrons. The Hall–Kier alpha value is -1.42. The Bertz CT molecular complexity index is 368. The van der Waals surface area contributed by atoms with Crippen molar-refractivity contribution in [2.45, 2.75) is 38.6 Å². The van der Waals surface area contributed by atoms with Crippen molar-refractivity contribution in [3.63, 3.8) is 0 Å². The number of carbonyl (C=O) groups is 1. The standard InChI is InChI=1S/C15H24N2O2/c1-4-5-6-14(15(18)19-3)17(2)12-9-13-7-10-16-11-8-13/h7-8,10-11,14H,4-6,9,12H2,1-3H3. The first-order chi connectivity index (χ1) is 9.19. The van der Waals surface area contributed by atoms with Gasteiger partial charge in [0.2, 0.25) is 0 Å². The third-order valence-electron chi connectivity index (χ3n) is 3.34. The highest BCUT2D eigenvalue weighted by atomic mass is 16.5. The zero-order valence-corrected chi connectivity index (χ0v) is 12.1. The molecule has 19 heavy (non-hydrogen) atoms. The van der Waals surface area contributed by atoms with E-state index in [4.69, 9.17) is 4.74 Å². The zero-order chi connectivity index (χ0) is 14.1. The van der Waals surface area contributed by atoms with Gasteiger partial charge in [-0.05, 0) is 37.6 Å². The summed E-state index contributed by atoms with van der Waals surface area (Å²) < 4.78 is 4.89. The second kappa shape index (κ2) is 8.64. The van der Waals surface area contributed by atoms with Crippen molar-refractivity contribution in [3.05, 3.63) is 30.1 Å². The van der Waals surface area contributed by atoms with Crippen LogP contribution >= 0.6 is 0 Å². The summed E-state index contributed by atoms with van der Waals surface area (Å²) in [5.74, 6) is -0.134. The van der Waals surface area contributed by atoms with Crippen molar-refractivity contribution >= 4 is 5.97 Å². The van der Waals surface area contributed by atoms with Crippen LogP contribution in [0.15, 0.2) is 24.5 Å². The summed E-state index contributed by atoms with van der Waals surface area (Å²) in [5.41, 5.74) is 1.24. The second-order valence-corrected chi connectivity index (χ2v) is 4.77. The number of ether oxygens (including phenoxy) is 1. The Balaban J connectivity index is 2.51. The van der Waals surface area contributed by atoms with Gasteiger partial charge >= 0.3 is 5.97 Å². The van der Waals surface area contributed by atoms with E-state index in [9.17, 15) is 4.79 Å². The van der Waals surface area contributed by atoms with Gasteiger partial charge in [-0.15, -0.1) is 0 Å². The average molecular weight is 264 g/mol. The normalized spacial score (nSPS) is 12.4. The number of rotatable bonds is 8. The number of hydrogen-bond acceptors (Lipinski definition) is 4. The first-order valence-electron chi connectivity index (χ1n) is 6.86. The van der Waals surface area contributed by atoms with Crippen LogP contribution in [0.25, 0.3) is 0 Å². The van der Waals surface area contributed by atoms with Gasteiger partial charge in [-0.1, -0.05) is 19.8 Å². The second-order valence-electron chi connectivity index (χ2n) is 4.77. The smallest absolute Gasteiger partial charge is 0.323 e. The lowest BCUT2D eigenvalue weighted by Crippen LogP contribution is -2.40. The monoisotopic (exact) mass is 264 g/mol. The molecule has 0 bridgehead atoms. The van der Waals surface area contributed by atoms with Crippen LogP contribution in [0, 0.1) is 0 Å². The summed E-state index contributed by atoms with van der Waals surface area (Å²) >= 11 is 0. The molecule has 0 saturated heterocycles. The number of nitrogens with zero attached hydrogens (tertiary/aromatic N) is 2. The number of aromatic nitrogens is 1. The fraction of sp³-hybridized carbons (Fsp3) is 0.600. The molecule has 0 aromatic carbocycles. The molecule has 1 aromatic heterocycles. The van der Waals surface area contributed by atoms with Gasteiger partial charge in [0.15, 0.2) is 0 Å². The van der Waals surface area contributed by atoms with Gasteiger partial charge in [-0.25, -0.2) is 0 Å². The lowest BCUT2D eigenvalue weighted by molar-refractivity contribution is -0.146. The van der Waals surface area contributed by atoms with Gasteiger partial charge < -0.3 is 4.74 Å². The minimum atomic E-state index is -0.134. The quantitative estimate of drug-likeness (QED) is 0.676. The van der Waals surface area contributed by atoms with Crippen molar-refractivity contribution in [1.29, 1.82) is 0 Å². The molecule has 0 amide bonds. The molecule has 0 N–H and O–H groups in total. The van der Waals surface area contributed by atoms with Crippen LogP contribution in [0.4, 0.5) is 0 Å². The molecule has 4 nitrogen and oxygen atoms in total. The summed E-state index contributed by atoms with van der Waals surface area (Å²) in [6.07, 6.45) is 7.49. The minimum absolute atomic E-state index is 0.133. The topological polar surface area (TPSA) is 42.4 Å². The van der Waals surface area contributed by atoms with Crippen LogP contribution in [0.1, 0.15) is 31.7 Å². The van der Waals surface area contributed by atoms with Crippen LogP contribution < -0.4 is 0 Å². The summed E-state index contributed by atoms with van der Waals surface area (Å²) in [5, 5.41) is 0. The molecule has 1 heterocycles. The fourth-order valence-electron chi connectivity index (χ4n) is 2.06. The lowest BCUT2D eigenvalue weighted by Gasteiger charge is -2.25. The van der Waals surface area contributed by atoms with E-state index in [0.717, 1.165) is 32.2 Å². The van der Waals surface area contributed by atoms with Crippen LogP contribution in [-0.2, 0) is 16.0 Å². The third-order valence-corrected chi connectivity index (χ3v) is 3.34. The Morgan fingerprint density at radius 2 is 2.11 bits per heavy atom. The van der Waals surface area contributed by atoms with E-state index in [0.29, 0.717) is 0 Å². The Kier molecular flexibility index (Phi) is 7.11. The summed E-state index contributed by atoms with van der Waals surface area (Å²) in [6.45, 7) is 2.97. The predicted molar refractivity (Wildman–Crippen MR) is 75.9 cm³/mol. The van der Waals surface area contributed by atoms with Gasteiger partial charge in [0, 0.05) is 18.9 Å². The molecule has 0 saturated carbocycles. The van der Waals surface area contributed by atoms with E-state index < -0.39 is 0 Å². The van der Waals surface area contributed by atoms with E-state index in [-0.39, 0.29) is 12.0 Å². The Labute approximate surface area is 115 Å². The van der Waals surface area contributed by atoms with E-state index in [1.807, 2.05) is 19.2 Å². The van der Waals surface area contributed by atoms with Gasteiger partial charge in [-0.3, -0.25) is 14.7 Å². The highest BCUT2D eigenvalue weighted by molar-refractivity contribution is 5.75. The van der Waals surface area contributed by atoms with Crippen molar-refractivity contribution in [2.75, 3.05) is 20.7 Å². The van der Waals surface area contributed by atoms with Crippen molar-refractivity contribution in [2.24, 2.45) is 0 Å². The number of carbonyl (C=O) groups excluding carboxylic acids is 1. The third kappa shape index (κ3) is 5.39. The number of hydrogen-bond donors (Lipinski definition) is 0. The SMILES string of the molecule is CCCCC(C(=O)OC)N(C)CCc1ccncc1. The van der Waals surface area contributed by atoms with Gasteiger partial charge in [0.25, 0.3) is 0 Å². The first-order valence-corrected chi connectivity index (χ1v) is 6.86. The molecular weight excluding hydrogens is 240 g/mol. The van der Waals surface area contributed by atoms with Crippen LogP contribution in [-0.4, -0.2) is 42.6 Å². The van der Waals surface area contributed by atoms with Gasteiger partial charge in [0.1, 0.15) is 6.04 Å². The molecule has 1 atom stereocenters. The van der Waals surface area contributed by atoms with E-state index in [2.05, 4.69) is 16.8 Å². The summed E-state index contributed by atoms with van der Waals surface area (Å²) in [6, 6.07) is 3.88. The van der Waals surface area contributed by atoms with Crippen molar-refractivity contribution in [3.8, 4) is 0 Å². The summed E-state index contributed by atoms with van der Waals surface area (Å²) in [7, 11) is 3.44.